The Morgan fingerprint density at radius 2 is 1.50 bits per heavy atom. The summed E-state index contributed by atoms with van der Waals surface area (Å²) >= 11 is 0. The maximum atomic E-state index is 10.6. The van der Waals surface area contributed by atoms with Crippen LogP contribution >= 0.6 is 0 Å². The fourth-order valence-electron chi connectivity index (χ4n) is 1.10. The molecule has 0 aliphatic rings. The maximum Gasteiger partial charge on any atom is 0.151 e. The predicted molar refractivity (Wildman–Crippen MR) is 52.5 cm³/mol. The van der Waals surface area contributed by atoms with Gasteiger partial charge in [0.25, 0.3) is 0 Å². The fourth-order valence-corrected chi connectivity index (χ4v) is 1.75. The second-order valence-electron chi connectivity index (χ2n) is 3.22. The quantitative estimate of drug-likeness (QED) is 0.579. The van der Waals surface area contributed by atoms with Crippen LogP contribution < -0.4 is 0 Å². The molecule has 2 nitrogen and oxygen atoms in total. The largest absolute Gasteiger partial charge is 0.229 e. The number of unbranched alkanes of at least 4 members (excludes halogenated alkanes) is 5. The molecule has 0 aromatic rings. The molecule has 0 aromatic carbocycles. The highest BCUT2D eigenvalue weighted by atomic mass is 32.2. The van der Waals surface area contributed by atoms with E-state index in [9.17, 15) is 8.42 Å². The SMILES string of the molecule is [CH2]S(=O)(=O)CCCCCCCC. The second kappa shape index (κ2) is 6.46. The molecule has 12 heavy (non-hydrogen) atoms. The first-order valence-corrected chi connectivity index (χ1v) is 6.44. The number of hydrogen-bond acceptors (Lipinski definition) is 2. The van der Waals surface area contributed by atoms with Gasteiger partial charge in [-0.3, -0.25) is 0 Å². The van der Waals surface area contributed by atoms with Crippen LogP contribution in [0.5, 0.6) is 0 Å². The van der Waals surface area contributed by atoms with Gasteiger partial charge in [-0.25, -0.2) is 8.42 Å². The van der Waals surface area contributed by atoms with Gasteiger partial charge in [0.1, 0.15) is 0 Å². The molecule has 0 heterocycles. The fraction of sp³-hybridized carbons (Fsp3) is 0.889. The molecule has 3 heteroatoms. The zero-order valence-electron chi connectivity index (χ0n) is 7.88. The van der Waals surface area contributed by atoms with E-state index in [0.717, 1.165) is 19.3 Å². The average Bonchev–Trinajstić information content (AvgIpc) is 1.94. The first-order chi connectivity index (χ1) is 5.56. The van der Waals surface area contributed by atoms with Crippen molar-refractivity contribution < 1.29 is 8.42 Å². The van der Waals surface area contributed by atoms with Gasteiger partial charge in [-0.2, -0.15) is 0 Å². The lowest BCUT2D eigenvalue weighted by Crippen LogP contribution is -1.99. The maximum absolute atomic E-state index is 10.6. The van der Waals surface area contributed by atoms with Crippen LogP contribution in [0.2, 0.25) is 0 Å². The summed E-state index contributed by atoms with van der Waals surface area (Å²) in [4.78, 5) is 0. The number of hydrogen-bond donors (Lipinski definition) is 0. The van der Waals surface area contributed by atoms with E-state index in [-0.39, 0.29) is 5.75 Å². The van der Waals surface area contributed by atoms with E-state index in [0.29, 0.717) is 0 Å². The normalized spacial score (nSPS) is 11.8. The monoisotopic (exact) mass is 191 g/mol. The zero-order valence-corrected chi connectivity index (χ0v) is 8.70. The van der Waals surface area contributed by atoms with Gasteiger partial charge in [0.2, 0.25) is 0 Å². The highest BCUT2D eigenvalue weighted by Gasteiger charge is 2.00. The van der Waals surface area contributed by atoms with Crippen molar-refractivity contribution in [1.29, 1.82) is 0 Å². The molecular formula is C9H19O2S. The van der Waals surface area contributed by atoms with Crippen LogP contribution in [0.3, 0.4) is 0 Å². The number of sulfone groups is 1. The Balaban J connectivity index is 3.12. The smallest absolute Gasteiger partial charge is 0.151 e. The highest BCUT2D eigenvalue weighted by Crippen LogP contribution is 2.05. The van der Waals surface area contributed by atoms with E-state index in [4.69, 9.17) is 0 Å². The van der Waals surface area contributed by atoms with Gasteiger partial charge in [0.05, 0.1) is 12.0 Å². The number of rotatable bonds is 7. The third-order valence-corrected chi connectivity index (χ3v) is 2.72. The van der Waals surface area contributed by atoms with Gasteiger partial charge in [0.15, 0.2) is 9.84 Å². The molecule has 0 spiro atoms. The molecular weight excluding hydrogens is 172 g/mol. The van der Waals surface area contributed by atoms with E-state index in [1.807, 2.05) is 0 Å². The molecule has 0 saturated heterocycles. The Morgan fingerprint density at radius 1 is 1.00 bits per heavy atom. The Bertz CT molecular complexity index is 183. The molecule has 0 N–H and O–H groups in total. The minimum absolute atomic E-state index is 0.249. The Labute approximate surface area is 76.3 Å². The van der Waals surface area contributed by atoms with E-state index in [1.54, 1.807) is 0 Å². The van der Waals surface area contributed by atoms with Crippen molar-refractivity contribution >= 4 is 9.84 Å². The third kappa shape index (κ3) is 9.95. The van der Waals surface area contributed by atoms with Crippen LogP contribution in [-0.2, 0) is 9.84 Å². The summed E-state index contributed by atoms with van der Waals surface area (Å²) in [7, 11) is -2.97. The first kappa shape index (κ1) is 11.9. The van der Waals surface area contributed by atoms with Gasteiger partial charge >= 0.3 is 0 Å². The van der Waals surface area contributed by atoms with Crippen LogP contribution in [0.4, 0.5) is 0 Å². The van der Waals surface area contributed by atoms with Gasteiger partial charge in [-0.15, -0.1) is 0 Å². The van der Waals surface area contributed by atoms with Crippen LogP contribution in [-0.4, -0.2) is 14.2 Å². The van der Waals surface area contributed by atoms with Crippen molar-refractivity contribution in [2.24, 2.45) is 0 Å². The minimum Gasteiger partial charge on any atom is -0.229 e. The van der Waals surface area contributed by atoms with Gasteiger partial charge in [-0.05, 0) is 6.42 Å². The molecule has 0 aliphatic carbocycles. The topological polar surface area (TPSA) is 34.1 Å². The standard InChI is InChI=1S/C9H19O2S/c1-3-4-5-6-7-8-9-12(2,10)11/h2-9H2,1H3. The van der Waals surface area contributed by atoms with E-state index in [2.05, 4.69) is 13.2 Å². The summed E-state index contributed by atoms with van der Waals surface area (Å²) in [5, 5.41) is 0. The highest BCUT2D eigenvalue weighted by molar-refractivity contribution is 7.92. The summed E-state index contributed by atoms with van der Waals surface area (Å²) in [5.41, 5.74) is 0. The molecule has 0 rings (SSSR count). The molecule has 0 amide bonds. The molecule has 0 aromatic heterocycles. The molecule has 0 atom stereocenters. The molecule has 0 saturated carbocycles. The Hall–Kier alpha value is -0.0500. The van der Waals surface area contributed by atoms with Crippen LogP contribution in [0, 0.1) is 6.26 Å². The summed E-state index contributed by atoms with van der Waals surface area (Å²) in [6.45, 7) is 2.17. The van der Waals surface area contributed by atoms with Crippen molar-refractivity contribution in [2.45, 2.75) is 45.4 Å². The first-order valence-electron chi connectivity index (χ1n) is 4.62. The zero-order chi connectivity index (χ0) is 9.45. The third-order valence-electron chi connectivity index (χ3n) is 1.81. The van der Waals surface area contributed by atoms with Gasteiger partial charge in [0, 0.05) is 0 Å². The summed E-state index contributed by atoms with van der Waals surface area (Å²) in [5.74, 6) is 0.249. The van der Waals surface area contributed by atoms with Crippen molar-refractivity contribution in [3.05, 3.63) is 6.26 Å². The van der Waals surface area contributed by atoms with E-state index in [1.165, 1.54) is 19.3 Å². The summed E-state index contributed by atoms with van der Waals surface area (Å²) in [6, 6.07) is 0. The van der Waals surface area contributed by atoms with Crippen molar-refractivity contribution in [3.63, 3.8) is 0 Å². The molecule has 0 aliphatic heterocycles. The van der Waals surface area contributed by atoms with Crippen LogP contribution in [0.25, 0.3) is 0 Å². The van der Waals surface area contributed by atoms with E-state index >= 15 is 0 Å². The van der Waals surface area contributed by atoms with Crippen molar-refractivity contribution in [1.82, 2.24) is 0 Å². The lowest BCUT2D eigenvalue weighted by Gasteiger charge is -1.98. The lowest BCUT2D eigenvalue weighted by molar-refractivity contribution is 0.590. The molecule has 73 valence electrons. The van der Waals surface area contributed by atoms with Crippen molar-refractivity contribution in [2.75, 3.05) is 5.75 Å². The van der Waals surface area contributed by atoms with Crippen molar-refractivity contribution in [3.8, 4) is 0 Å². The lowest BCUT2D eigenvalue weighted by atomic mass is 10.1. The summed E-state index contributed by atoms with van der Waals surface area (Å²) in [6.07, 6.45) is 9.75. The molecule has 0 unspecified atom stereocenters. The molecule has 0 bridgehead atoms. The Kier molecular flexibility index (Phi) is 6.44. The van der Waals surface area contributed by atoms with E-state index < -0.39 is 9.84 Å². The molecule has 1 radical (unpaired) electrons. The Morgan fingerprint density at radius 3 is 2.00 bits per heavy atom. The summed E-state index contributed by atoms with van der Waals surface area (Å²) < 4.78 is 21.2. The molecule has 0 fully saturated rings. The predicted octanol–water partition coefficient (Wildman–Crippen LogP) is 2.55. The van der Waals surface area contributed by atoms with Gasteiger partial charge in [-0.1, -0.05) is 39.0 Å². The van der Waals surface area contributed by atoms with Gasteiger partial charge < -0.3 is 0 Å². The second-order valence-corrected chi connectivity index (χ2v) is 5.11. The van der Waals surface area contributed by atoms with Crippen LogP contribution in [0.1, 0.15) is 45.4 Å². The average molecular weight is 191 g/mol. The van der Waals surface area contributed by atoms with Crippen LogP contribution in [0.15, 0.2) is 0 Å². The minimum atomic E-state index is -2.97.